The molecule has 0 amide bonds. The molecule has 1 aromatic carbocycles. The normalized spacial score (nSPS) is 10.9. The van der Waals surface area contributed by atoms with Gasteiger partial charge in [0, 0.05) is 17.1 Å². The van der Waals surface area contributed by atoms with Crippen LogP contribution in [0.1, 0.15) is 0 Å². The molecule has 2 heteroatoms. The standard InChI is InChI=1S/C13H9NO/c15-10-6-5-9-8-14-13-4-2-1-3-11(13)12(9)7-10/h1-8,14H. The molecule has 2 aliphatic rings. The van der Waals surface area contributed by atoms with Crippen molar-refractivity contribution in [3.05, 3.63) is 58.9 Å². The van der Waals surface area contributed by atoms with Crippen LogP contribution in [0, 0.1) is 0 Å². The minimum absolute atomic E-state index is 0.0545. The van der Waals surface area contributed by atoms with Gasteiger partial charge in [0.15, 0.2) is 5.43 Å². The van der Waals surface area contributed by atoms with Crippen LogP contribution in [0.25, 0.3) is 22.0 Å². The average molecular weight is 195 g/mol. The molecule has 0 unspecified atom stereocenters. The van der Waals surface area contributed by atoms with E-state index in [0.29, 0.717) is 0 Å². The first-order valence-corrected chi connectivity index (χ1v) is 4.85. The Morgan fingerprint density at radius 2 is 1.87 bits per heavy atom. The maximum absolute atomic E-state index is 11.3. The molecule has 15 heavy (non-hydrogen) atoms. The van der Waals surface area contributed by atoms with E-state index < -0.39 is 0 Å². The second kappa shape index (κ2) is 2.95. The van der Waals surface area contributed by atoms with Crippen LogP contribution in [0.2, 0.25) is 0 Å². The van der Waals surface area contributed by atoms with Crippen molar-refractivity contribution in [1.82, 2.24) is 4.98 Å². The van der Waals surface area contributed by atoms with Gasteiger partial charge in [0.25, 0.3) is 0 Å². The minimum atomic E-state index is 0.0545. The Hall–Kier alpha value is -2.09. The highest BCUT2D eigenvalue weighted by Crippen LogP contribution is 2.27. The maximum Gasteiger partial charge on any atom is 0.179 e. The lowest BCUT2D eigenvalue weighted by atomic mass is 10.0. The molecule has 1 N–H and O–H groups in total. The largest absolute Gasteiger partial charge is 0.361 e. The first-order chi connectivity index (χ1) is 7.34. The number of aromatic nitrogens is 1. The maximum atomic E-state index is 11.3. The second-order valence-electron chi connectivity index (χ2n) is 3.58. The van der Waals surface area contributed by atoms with E-state index in [1.807, 2.05) is 36.5 Å². The van der Waals surface area contributed by atoms with Crippen molar-refractivity contribution in [1.29, 1.82) is 0 Å². The number of aromatic amines is 1. The molecule has 0 bridgehead atoms. The van der Waals surface area contributed by atoms with E-state index >= 15 is 0 Å². The molecular weight excluding hydrogens is 186 g/mol. The third kappa shape index (κ3) is 1.22. The van der Waals surface area contributed by atoms with Crippen LogP contribution in [0.3, 0.4) is 0 Å². The monoisotopic (exact) mass is 195 g/mol. The number of pyridine rings is 1. The van der Waals surface area contributed by atoms with Crippen molar-refractivity contribution in [2.75, 3.05) is 0 Å². The van der Waals surface area contributed by atoms with Crippen LogP contribution in [-0.4, -0.2) is 4.98 Å². The average Bonchev–Trinajstić information content (AvgIpc) is 2.29. The number of H-pyrrole nitrogens is 1. The van der Waals surface area contributed by atoms with Crippen LogP contribution in [-0.2, 0) is 0 Å². The molecule has 2 nitrogen and oxygen atoms in total. The molecule has 0 radical (unpaired) electrons. The Morgan fingerprint density at radius 3 is 2.80 bits per heavy atom. The van der Waals surface area contributed by atoms with Gasteiger partial charge in [0.1, 0.15) is 0 Å². The third-order valence-electron chi connectivity index (χ3n) is 2.63. The van der Waals surface area contributed by atoms with E-state index in [0.717, 1.165) is 22.0 Å². The van der Waals surface area contributed by atoms with Gasteiger partial charge in [-0.15, -0.1) is 0 Å². The topological polar surface area (TPSA) is 32.9 Å². The molecule has 1 aromatic rings. The van der Waals surface area contributed by atoms with Gasteiger partial charge in [-0.3, -0.25) is 4.79 Å². The van der Waals surface area contributed by atoms with Gasteiger partial charge in [-0.25, -0.2) is 0 Å². The van der Waals surface area contributed by atoms with Gasteiger partial charge in [-0.1, -0.05) is 18.2 Å². The summed E-state index contributed by atoms with van der Waals surface area (Å²) in [6.07, 6.45) is 1.93. The Bertz CT molecular complexity index is 654. The fourth-order valence-electron chi connectivity index (χ4n) is 1.89. The lowest BCUT2D eigenvalue weighted by molar-refractivity contribution is 1.39. The van der Waals surface area contributed by atoms with E-state index in [1.165, 1.54) is 0 Å². The second-order valence-corrected chi connectivity index (χ2v) is 3.58. The molecule has 0 saturated carbocycles. The van der Waals surface area contributed by atoms with Crippen molar-refractivity contribution in [2.45, 2.75) is 0 Å². The van der Waals surface area contributed by atoms with Gasteiger partial charge in [-0.2, -0.15) is 0 Å². The minimum Gasteiger partial charge on any atom is -0.361 e. The van der Waals surface area contributed by atoms with Crippen LogP contribution < -0.4 is 5.43 Å². The van der Waals surface area contributed by atoms with Gasteiger partial charge >= 0.3 is 0 Å². The molecule has 1 aliphatic carbocycles. The summed E-state index contributed by atoms with van der Waals surface area (Å²) in [4.78, 5) is 14.5. The third-order valence-corrected chi connectivity index (χ3v) is 2.63. The Kier molecular flexibility index (Phi) is 1.62. The van der Waals surface area contributed by atoms with Crippen LogP contribution in [0.5, 0.6) is 0 Å². The fourth-order valence-corrected chi connectivity index (χ4v) is 1.89. The van der Waals surface area contributed by atoms with E-state index in [4.69, 9.17) is 0 Å². The number of para-hydroxylation sites is 1. The van der Waals surface area contributed by atoms with E-state index in [9.17, 15) is 4.79 Å². The number of hydrogen-bond acceptors (Lipinski definition) is 1. The summed E-state index contributed by atoms with van der Waals surface area (Å²) in [6, 6.07) is 13.1. The van der Waals surface area contributed by atoms with Crippen molar-refractivity contribution in [3.8, 4) is 11.1 Å². The van der Waals surface area contributed by atoms with Crippen molar-refractivity contribution >= 4 is 10.9 Å². The molecule has 0 aromatic heterocycles. The van der Waals surface area contributed by atoms with Gasteiger partial charge in [-0.05, 0) is 35.4 Å². The smallest absolute Gasteiger partial charge is 0.179 e. The summed E-state index contributed by atoms with van der Waals surface area (Å²) in [5.41, 5.74) is 3.18. The molecule has 0 spiro atoms. The molecular formula is C13H9NO. The first-order valence-electron chi connectivity index (χ1n) is 4.85. The molecule has 0 atom stereocenters. The van der Waals surface area contributed by atoms with Crippen molar-refractivity contribution < 1.29 is 0 Å². The number of nitrogens with one attached hydrogen (secondary N) is 1. The van der Waals surface area contributed by atoms with E-state index in [-0.39, 0.29) is 5.43 Å². The fraction of sp³-hybridized carbons (Fsp3) is 0. The van der Waals surface area contributed by atoms with Gasteiger partial charge in [0.05, 0.1) is 0 Å². The zero-order valence-corrected chi connectivity index (χ0v) is 8.03. The highest BCUT2D eigenvalue weighted by molar-refractivity contribution is 5.95. The predicted octanol–water partition coefficient (Wildman–Crippen LogP) is 2.63. The quantitative estimate of drug-likeness (QED) is 0.549. The lowest BCUT2D eigenvalue weighted by Gasteiger charge is -2.08. The summed E-state index contributed by atoms with van der Waals surface area (Å²) < 4.78 is 0. The van der Waals surface area contributed by atoms with Crippen LogP contribution in [0.15, 0.2) is 53.5 Å². The summed E-state index contributed by atoms with van der Waals surface area (Å²) >= 11 is 0. The molecule has 3 rings (SSSR count). The van der Waals surface area contributed by atoms with Crippen molar-refractivity contribution in [2.24, 2.45) is 0 Å². The first kappa shape index (κ1) is 8.24. The summed E-state index contributed by atoms with van der Waals surface area (Å²) in [6.45, 7) is 0. The zero-order valence-electron chi connectivity index (χ0n) is 8.03. The number of hydrogen-bond donors (Lipinski definition) is 1. The summed E-state index contributed by atoms with van der Waals surface area (Å²) in [5, 5.41) is 1.09. The van der Waals surface area contributed by atoms with Gasteiger partial charge in [0.2, 0.25) is 0 Å². The van der Waals surface area contributed by atoms with Crippen LogP contribution >= 0.6 is 0 Å². The molecule has 0 fully saturated rings. The van der Waals surface area contributed by atoms with E-state index in [2.05, 4.69) is 4.98 Å². The number of benzene rings is 2. The Morgan fingerprint density at radius 1 is 1.00 bits per heavy atom. The van der Waals surface area contributed by atoms with Crippen molar-refractivity contribution in [3.63, 3.8) is 0 Å². The Balaban J connectivity index is 2.57. The zero-order chi connectivity index (χ0) is 10.3. The molecule has 1 heterocycles. The SMILES string of the molecule is O=c1ccc2c[nH]c3ccccc3c-2c1. The van der Waals surface area contributed by atoms with E-state index in [1.54, 1.807) is 12.1 Å². The number of fused-ring (bicyclic) bond motifs is 3. The van der Waals surface area contributed by atoms with Crippen LogP contribution in [0.4, 0.5) is 0 Å². The van der Waals surface area contributed by atoms with Gasteiger partial charge < -0.3 is 4.98 Å². The summed E-state index contributed by atoms with van der Waals surface area (Å²) in [7, 11) is 0. The summed E-state index contributed by atoms with van der Waals surface area (Å²) in [5.74, 6) is 0. The lowest BCUT2D eigenvalue weighted by Crippen LogP contribution is -1.98. The number of rotatable bonds is 0. The molecule has 1 aliphatic heterocycles. The highest BCUT2D eigenvalue weighted by atomic mass is 16.1. The molecule has 72 valence electrons. The predicted molar refractivity (Wildman–Crippen MR) is 61.2 cm³/mol. The molecule has 0 saturated heterocycles. The highest BCUT2D eigenvalue weighted by Gasteiger charge is 2.05. The Labute approximate surface area is 86.5 Å².